The van der Waals surface area contributed by atoms with Gasteiger partial charge < -0.3 is 4.74 Å². The smallest absolute Gasteiger partial charge is 0.130 e. The van der Waals surface area contributed by atoms with Gasteiger partial charge in [0.1, 0.15) is 9.41 Å². The Bertz CT molecular complexity index is 337. The molecule has 18 heavy (non-hydrogen) atoms. The van der Waals surface area contributed by atoms with Gasteiger partial charge in [-0.05, 0) is 37.3 Å². The van der Waals surface area contributed by atoms with Gasteiger partial charge in [-0.2, -0.15) is 0 Å². The van der Waals surface area contributed by atoms with Crippen LogP contribution in [0.5, 0.6) is 0 Å². The van der Waals surface area contributed by atoms with Gasteiger partial charge in [0, 0.05) is 0 Å². The Kier molecular flexibility index (Phi) is 9.23. The van der Waals surface area contributed by atoms with Crippen LogP contribution in [0.2, 0.25) is 0 Å². The average Bonchev–Trinajstić information content (AvgIpc) is 2.39. The number of hydrogen-bond acceptors (Lipinski definition) is 3. The molecule has 4 heteroatoms. The van der Waals surface area contributed by atoms with Crippen molar-refractivity contribution in [3.8, 4) is 0 Å². The van der Waals surface area contributed by atoms with Crippen molar-refractivity contribution in [3.63, 3.8) is 0 Å². The molecule has 0 atom stereocenters. The minimum absolute atomic E-state index is 0.0233. The normalized spacial score (nSPS) is 16.9. The SMILES string of the molecule is CC/C=C(\C)C1=NSCI=C1OCCCCCC. The number of halogens is 1. The van der Waals surface area contributed by atoms with Gasteiger partial charge in [-0.25, -0.2) is 4.40 Å². The van der Waals surface area contributed by atoms with Crippen LogP contribution in [0.15, 0.2) is 16.0 Å². The number of nitrogens with zero attached hydrogens (tertiary/aromatic N) is 1. The Morgan fingerprint density at radius 2 is 2.22 bits per heavy atom. The number of allylic oxidation sites excluding steroid dienone is 1. The van der Waals surface area contributed by atoms with E-state index >= 15 is 0 Å². The summed E-state index contributed by atoms with van der Waals surface area (Å²) in [6.07, 6.45) is 8.38. The van der Waals surface area contributed by atoms with Crippen molar-refractivity contribution in [2.24, 2.45) is 4.40 Å². The summed E-state index contributed by atoms with van der Waals surface area (Å²) < 4.78 is 12.9. The van der Waals surface area contributed by atoms with E-state index in [0.29, 0.717) is 0 Å². The van der Waals surface area contributed by atoms with Crippen LogP contribution in [0.3, 0.4) is 0 Å². The summed E-state index contributed by atoms with van der Waals surface area (Å²) in [5, 5.41) is 0. The fraction of sp³-hybridized carbons (Fsp3) is 0.714. The monoisotopic (exact) mass is 381 g/mol. The highest BCUT2D eigenvalue weighted by molar-refractivity contribution is 14.2. The molecule has 0 saturated carbocycles. The fourth-order valence-electron chi connectivity index (χ4n) is 1.69. The highest BCUT2D eigenvalue weighted by Crippen LogP contribution is 2.24. The molecule has 0 fully saturated rings. The summed E-state index contributed by atoms with van der Waals surface area (Å²) in [7, 11) is 0. The zero-order chi connectivity index (χ0) is 13.2. The molecule has 0 bridgehead atoms. The third-order valence-electron chi connectivity index (χ3n) is 2.68. The first-order valence-electron chi connectivity index (χ1n) is 6.76. The molecule has 2 nitrogen and oxygen atoms in total. The summed E-state index contributed by atoms with van der Waals surface area (Å²) in [4.78, 5) is 0. The third kappa shape index (κ3) is 5.97. The van der Waals surface area contributed by atoms with E-state index in [0.717, 1.165) is 22.5 Å². The van der Waals surface area contributed by atoms with E-state index < -0.39 is 0 Å². The molecule has 0 spiro atoms. The number of unbranched alkanes of at least 4 members (excludes halogenated alkanes) is 3. The summed E-state index contributed by atoms with van der Waals surface area (Å²) >= 11 is 1.73. The number of alkyl halides is 1. The fourth-order valence-corrected chi connectivity index (χ4v) is 5.44. The Balaban J connectivity index is 2.45. The van der Waals surface area contributed by atoms with Crippen LogP contribution < -0.4 is 0 Å². The number of rotatable bonds is 8. The minimum atomic E-state index is 0.0233. The topological polar surface area (TPSA) is 21.6 Å². The van der Waals surface area contributed by atoms with Crippen LogP contribution in [-0.2, 0) is 4.74 Å². The molecule has 0 aliphatic carbocycles. The lowest BCUT2D eigenvalue weighted by molar-refractivity contribution is 0.306. The second kappa shape index (κ2) is 10.1. The van der Waals surface area contributed by atoms with Crippen molar-refractivity contribution in [1.29, 1.82) is 0 Å². The lowest BCUT2D eigenvalue weighted by Crippen LogP contribution is -2.19. The van der Waals surface area contributed by atoms with Crippen molar-refractivity contribution in [3.05, 3.63) is 11.6 Å². The first-order valence-corrected chi connectivity index (χ1v) is 10.3. The van der Waals surface area contributed by atoms with E-state index in [1.165, 1.54) is 35.0 Å². The minimum Gasteiger partial charge on any atom is -0.338 e. The molecule has 1 aliphatic heterocycles. The quantitative estimate of drug-likeness (QED) is 0.253. The molecule has 104 valence electrons. The summed E-state index contributed by atoms with van der Waals surface area (Å²) in [6, 6.07) is 0. The van der Waals surface area contributed by atoms with Crippen molar-refractivity contribution in [2.75, 3.05) is 10.4 Å². The van der Waals surface area contributed by atoms with Gasteiger partial charge in [-0.1, -0.05) is 59.9 Å². The van der Waals surface area contributed by atoms with E-state index in [1.54, 1.807) is 11.9 Å². The van der Waals surface area contributed by atoms with E-state index in [2.05, 4.69) is 31.2 Å². The standard InChI is InChI=1S/C14H24INOS/c1-4-6-7-8-10-17-14-13(12(3)9-5-2)16-18-11-15-14/h9H,4-8,10-11H2,1-3H3/b12-9+. The predicted molar refractivity (Wildman–Crippen MR) is 93.1 cm³/mol. The summed E-state index contributed by atoms with van der Waals surface area (Å²) in [5.41, 5.74) is 2.42. The second-order valence-electron chi connectivity index (χ2n) is 4.29. The maximum Gasteiger partial charge on any atom is 0.130 e. The van der Waals surface area contributed by atoms with Gasteiger partial charge in [-0.3, -0.25) is 0 Å². The van der Waals surface area contributed by atoms with Crippen LogP contribution in [0.1, 0.15) is 52.9 Å². The molecule has 0 radical (unpaired) electrons. The first kappa shape index (κ1) is 16.4. The lowest BCUT2D eigenvalue weighted by atomic mass is 10.1. The van der Waals surface area contributed by atoms with Gasteiger partial charge in [0.15, 0.2) is 0 Å². The van der Waals surface area contributed by atoms with Gasteiger partial charge in [0.05, 0.1) is 10.4 Å². The van der Waals surface area contributed by atoms with Crippen LogP contribution in [0, 0.1) is 0 Å². The summed E-state index contributed by atoms with van der Waals surface area (Å²) in [6.45, 7) is 7.43. The molecule has 1 heterocycles. The van der Waals surface area contributed by atoms with Crippen LogP contribution in [-0.4, -0.2) is 19.8 Å². The van der Waals surface area contributed by atoms with E-state index in [1.807, 2.05) is 0 Å². The molecule has 0 amide bonds. The second-order valence-corrected chi connectivity index (χ2v) is 8.56. The Labute approximate surface area is 126 Å². The van der Waals surface area contributed by atoms with Gasteiger partial charge >= 0.3 is 0 Å². The molecule has 0 aromatic carbocycles. The Morgan fingerprint density at radius 1 is 1.39 bits per heavy atom. The maximum atomic E-state index is 5.99. The molecule has 0 aromatic heterocycles. The Hall–Kier alpha value is 0.320. The van der Waals surface area contributed by atoms with Crippen molar-refractivity contribution in [1.82, 2.24) is 0 Å². The highest BCUT2D eigenvalue weighted by atomic mass is 127. The maximum absolute atomic E-state index is 5.99. The zero-order valence-corrected chi connectivity index (χ0v) is 14.6. The van der Waals surface area contributed by atoms with Crippen molar-refractivity contribution in [2.45, 2.75) is 52.9 Å². The van der Waals surface area contributed by atoms with Crippen LogP contribution >= 0.6 is 32.7 Å². The largest absolute Gasteiger partial charge is 0.338 e. The van der Waals surface area contributed by atoms with Crippen molar-refractivity contribution >= 4 is 42.1 Å². The number of ether oxygens (including phenoxy) is 1. The zero-order valence-electron chi connectivity index (χ0n) is 11.7. The predicted octanol–water partition coefficient (Wildman–Crippen LogP) is 5.10. The van der Waals surface area contributed by atoms with Crippen LogP contribution in [0.25, 0.3) is 0 Å². The molecular weight excluding hydrogens is 357 g/mol. The molecule has 1 aliphatic rings. The lowest BCUT2D eigenvalue weighted by Gasteiger charge is -2.14. The molecule has 0 N–H and O–H groups in total. The first-order chi connectivity index (χ1) is 8.79. The van der Waals surface area contributed by atoms with Gasteiger partial charge in [0.25, 0.3) is 0 Å². The average molecular weight is 381 g/mol. The van der Waals surface area contributed by atoms with E-state index in [9.17, 15) is 0 Å². The molecule has 1 rings (SSSR count). The molecule has 0 aromatic rings. The molecular formula is C14H24INOS. The number of hydrogen-bond donors (Lipinski definition) is 0. The third-order valence-corrected chi connectivity index (χ3v) is 6.48. The van der Waals surface area contributed by atoms with Crippen LogP contribution in [0.4, 0.5) is 0 Å². The van der Waals surface area contributed by atoms with Gasteiger partial charge in [-0.15, -0.1) is 0 Å². The molecule has 0 unspecified atom stereocenters. The van der Waals surface area contributed by atoms with E-state index in [-0.39, 0.29) is 20.7 Å². The van der Waals surface area contributed by atoms with Crippen molar-refractivity contribution < 1.29 is 4.74 Å². The summed E-state index contributed by atoms with van der Waals surface area (Å²) in [5.74, 6) is 0. The van der Waals surface area contributed by atoms with Gasteiger partial charge in [0.2, 0.25) is 0 Å². The van der Waals surface area contributed by atoms with E-state index in [4.69, 9.17) is 4.74 Å². The highest BCUT2D eigenvalue weighted by Gasteiger charge is 2.14. The Morgan fingerprint density at radius 3 is 2.94 bits per heavy atom. The molecule has 0 saturated heterocycles.